The molecule has 0 bridgehead atoms. The molecule has 6 nitrogen and oxygen atoms in total. The first kappa shape index (κ1) is 12.3. The Morgan fingerprint density at radius 1 is 1.24 bits per heavy atom. The largest absolute Gasteiger partial charge is 0.340 e. The van der Waals surface area contributed by atoms with E-state index in [0.717, 1.165) is 37.4 Å². The van der Waals surface area contributed by atoms with Crippen LogP contribution in [0.3, 0.4) is 0 Å². The SMILES string of the molecule is c1cc(CN2CCc3nc(-c4cn[nH]c4)[nH]c3C2)ccn1. The zero-order valence-electron chi connectivity index (χ0n) is 11.6. The van der Waals surface area contributed by atoms with Crippen LogP contribution in [0.2, 0.25) is 0 Å². The fourth-order valence-corrected chi connectivity index (χ4v) is 2.75. The molecule has 0 amide bonds. The van der Waals surface area contributed by atoms with Gasteiger partial charge in [-0.2, -0.15) is 5.10 Å². The number of hydrogen-bond donors (Lipinski definition) is 2. The molecule has 3 aromatic heterocycles. The van der Waals surface area contributed by atoms with Gasteiger partial charge in [-0.15, -0.1) is 0 Å². The number of aromatic nitrogens is 5. The Labute approximate surface area is 122 Å². The molecule has 3 aromatic rings. The maximum atomic E-state index is 4.68. The number of rotatable bonds is 3. The summed E-state index contributed by atoms with van der Waals surface area (Å²) in [5, 5.41) is 6.80. The molecule has 0 fully saturated rings. The summed E-state index contributed by atoms with van der Waals surface area (Å²) in [6.07, 6.45) is 8.32. The van der Waals surface area contributed by atoms with Crippen LogP contribution >= 0.6 is 0 Å². The summed E-state index contributed by atoms with van der Waals surface area (Å²) >= 11 is 0. The number of pyridine rings is 1. The Morgan fingerprint density at radius 2 is 2.14 bits per heavy atom. The number of nitrogens with one attached hydrogen (secondary N) is 2. The van der Waals surface area contributed by atoms with Crippen molar-refractivity contribution < 1.29 is 0 Å². The van der Waals surface area contributed by atoms with E-state index in [9.17, 15) is 0 Å². The molecule has 0 atom stereocenters. The van der Waals surface area contributed by atoms with Crippen molar-refractivity contribution in [2.24, 2.45) is 0 Å². The van der Waals surface area contributed by atoms with Crippen molar-refractivity contribution >= 4 is 0 Å². The first-order valence-electron chi connectivity index (χ1n) is 7.06. The third-order valence-electron chi connectivity index (χ3n) is 3.84. The predicted octanol–water partition coefficient (Wildman–Crippen LogP) is 1.75. The molecule has 2 N–H and O–H groups in total. The Hall–Kier alpha value is -2.47. The van der Waals surface area contributed by atoms with E-state index in [4.69, 9.17) is 0 Å². The lowest BCUT2D eigenvalue weighted by Crippen LogP contribution is -2.30. The summed E-state index contributed by atoms with van der Waals surface area (Å²) in [5.74, 6) is 0.902. The molecule has 0 saturated heterocycles. The highest BCUT2D eigenvalue weighted by Gasteiger charge is 2.20. The number of imidazole rings is 1. The van der Waals surface area contributed by atoms with Crippen LogP contribution in [0.15, 0.2) is 36.9 Å². The van der Waals surface area contributed by atoms with Crippen molar-refractivity contribution in [1.29, 1.82) is 0 Å². The van der Waals surface area contributed by atoms with E-state index in [1.165, 1.54) is 17.0 Å². The van der Waals surface area contributed by atoms with Gasteiger partial charge in [-0.05, 0) is 17.7 Å². The van der Waals surface area contributed by atoms with Crippen molar-refractivity contribution in [3.05, 3.63) is 53.9 Å². The van der Waals surface area contributed by atoms with Gasteiger partial charge in [0.1, 0.15) is 5.82 Å². The number of nitrogens with zero attached hydrogens (tertiary/aromatic N) is 4. The minimum atomic E-state index is 0.902. The van der Waals surface area contributed by atoms with Crippen molar-refractivity contribution in [3.63, 3.8) is 0 Å². The van der Waals surface area contributed by atoms with Crippen LogP contribution in [-0.4, -0.2) is 36.6 Å². The lowest BCUT2D eigenvalue weighted by molar-refractivity contribution is 0.241. The van der Waals surface area contributed by atoms with E-state index in [0.29, 0.717) is 0 Å². The highest BCUT2D eigenvalue weighted by Crippen LogP contribution is 2.22. The van der Waals surface area contributed by atoms with Crippen LogP contribution in [0.5, 0.6) is 0 Å². The van der Waals surface area contributed by atoms with E-state index >= 15 is 0 Å². The standard InChI is InChI=1S/C15H16N6/c1-4-16-5-2-11(1)9-21-6-3-13-14(10-21)20-15(19-13)12-7-17-18-8-12/h1-2,4-5,7-8H,3,6,9-10H2,(H,17,18)(H,19,20). The summed E-state index contributed by atoms with van der Waals surface area (Å²) in [7, 11) is 0. The predicted molar refractivity (Wildman–Crippen MR) is 78.2 cm³/mol. The Balaban J connectivity index is 1.52. The molecule has 1 aliphatic heterocycles. The van der Waals surface area contributed by atoms with E-state index < -0.39 is 0 Å². The van der Waals surface area contributed by atoms with E-state index in [1.807, 2.05) is 18.6 Å². The molecule has 0 spiro atoms. The molecule has 106 valence electrons. The van der Waals surface area contributed by atoms with Gasteiger partial charge in [0.05, 0.1) is 23.1 Å². The maximum Gasteiger partial charge on any atom is 0.141 e. The molecule has 1 aliphatic rings. The first-order valence-corrected chi connectivity index (χ1v) is 7.06. The summed E-state index contributed by atoms with van der Waals surface area (Å²) in [4.78, 5) is 14.6. The quantitative estimate of drug-likeness (QED) is 0.766. The van der Waals surface area contributed by atoms with E-state index in [-0.39, 0.29) is 0 Å². The highest BCUT2D eigenvalue weighted by atomic mass is 15.2. The van der Waals surface area contributed by atoms with Gasteiger partial charge < -0.3 is 4.98 Å². The van der Waals surface area contributed by atoms with Crippen molar-refractivity contribution in [1.82, 2.24) is 30.0 Å². The molecule has 0 unspecified atom stereocenters. The van der Waals surface area contributed by atoms with Crippen LogP contribution in [0.25, 0.3) is 11.4 Å². The fraction of sp³-hybridized carbons (Fsp3) is 0.267. The molecule has 4 heterocycles. The second kappa shape index (κ2) is 5.14. The van der Waals surface area contributed by atoms with Gasteiger partial charge in [0, 0.05) is 44.6 Å². The Morgan fingerprint density at radius 3 is 2.95 bits per heavy atom. The van der Waals surface area contributed by atoms with Gasteiger partial charge in [0.25, 0.3) is 0 Å². The zero-order valence-corrected chi connectivity index (χ0v) is 11.6. The smallest absolute Gasteiger partial charge is 0.141 e. The molecule has 0 radical (unpaired) electrons. The Kier molecular flexibility index (Phi) is 3.01. The molecule has 0 saturated carbocycles. The molecule has 0 aromatic carbocycles. The first-order chi connectivity index (χ1) is 10.4. The summed E-state index contributed by atoms with van der Waals surface area (Å²) < 4.78 is 0. The van der Waals surface area contributed by atoms with Crippen LogP contribution in [0, 0.1) is 0 Å². The lowest BCUT2D eigenvalue weighted by atomic mass is 10.1. The minimum Gasteiger partial charge on any atom is -0.340 e. The summed E-state index contributed by atoms with van der Waals surface area (Å²) in [5.41, 5.74) is 4.69. The fourth-order valence-electron chi connectivity index (χ4n) is 2.75. The van der Waals surface area contributed by atoms with Crippen LogP contribution < -0.4 is 0 Å². The third-order valence-corrected chi connectivity index (χ3v) is 3.84. The monoisotopic (exact) mass is 280 g/mol. The highest BCUT2D eigenvalue weighted by molar-refractivity contribution is 5.53. The van der Waals surface area contributed by atoms with Crippen LogP contribution in [0.4, 0.5) is 0 Å². The van der Waals surface area contributed by atoms with Gasteiger partial charge in [-0.25, -0.2) is 4.98 Å². The average Bonchev–Trinajstić information content (AvgIpc) is 3.17. The number of hydrogen-bond acceptors (Lipinski definition) is 4. The lowest BCUT2D eigenvalue weighted by Gasteiger charge is -2.25. The molecular weight excluding hydrogens is 264 g/mol. The van der Waals surface area contributed by atoms with Crippen LogP contribution in [0.1, 0.15) is 17.0 Å². The average molecular weight is 280 g/mol. The number of aromatic amines is 2. The molecule has 21 heavy (non-hydrogen) atoms. The topological polar surface area (TPSA) is 73.5 Å². The van der Waals surface area contributed by atoms with E-state index in [2.05, 4.69) is 42.2 Å². The van der Waals surface area contributed by atoms with Gasteiger partial charge in [0.15, 0.2) is 0 Å². The number of fused-ring (bicyclic) bond motifs is 1. The van der Waals surface area contributed by atoms with Gasteiger partial charge in [-0.1, -0.05) is 0 Å². The molecular formula is C15H16N6. The summed E-state index contributed by atoms with van der Waals surface area (Å²) in [6.45, 7) is 2.88. The Bertz CT molecular complexity index is 716. The maximum absolute atomic E-state index is 4.68. The van der Waals surface area contributed by atoms with Crippen molar-refractivity contribution in [2.75, 3.05) is 6.54 Å². The number of H-pyrrole nitrogens is 2. The van der Waals surface area contributed by atoms with Crippen molar-refractivity contribution in [2.45, 2.75) is 19.5 Å². The summed E-state index contributed by atoms with van der Waals surface area (Å²) in [6, 6.07) is 4.14. The van der Waals surface area contributed by atoms with Crippen molar-refractivity contribution in [3.8, 4) is 11.4 Å². The minimum absolute atomic E-state index is 0.902. The molecule has 4 rings (SSSR count). The normalized spacial score (nSPS) is 15.0. The zero-order chi connectivity index (χ0) is 14.1. The van der Waals surface area contributed by atoms with Gasteiger partial charge >= 0.3 is 0 Å². The van der Waals surface area contributed by atoms with E-state index in [1.54, 1.807) is 6.20 Å². The second-order valence-electron chi connectivity index (χ2n) is 5.31. The second-order valence-corrected chi connectivity index (χ2v) is 5.31. The van der Waals surface area contributed by atoms with Gasteiger partial charge in [-0.3, -0.25) is 15.0 Å². The van der Waals surface area contributed by atoms with Gasteiger partial charge in [0.2, 0.25) is 0 Å². The molecule has 0 aliphatic carbocycles. The van der Waals surface area contributed by atoms with Crippen LogP contribution in [-0.2, 0) is 19.5 Å². The molecule has 6 heteroatoms. The third kappa shape index (κ3) is 2.45.